The van der Waals surface area contributed by atoms with E-state index in [2.05, 4.69) is 0 Å². The van der Waals surface area contributed by atoms with Crippen LogP contribution >= 0.6 is 0 Å². The van der Waals surface area contributed by atoms with Gasteiger partial charge < -0.3 is 0 Å². The maximum atomic E-state index is 12.4. The zero-order valence-corrected chi connectivity index (χ0v) is 6.98. The van der Waals surface area contributed by atoms with Gasteiger partial charge in [0.25, 0.3) is 0 Å². The summed E-state index contributed by atoms with van der Waals surface area (Å²) in [6.45, 7) is 0. The number of alkyl halides is 4. The summed E-state index contributed by atoms with van der Waals surface area (Å²) in [5.74, 6) is -7.91. The molecule has 0 spiro atoms. The largest absolute Gasteiger partial charge is 0.342 e. The van der Waals surface area contributed by atoms with Gasteiger partial charge in [0.15, 0.2) is 0 Å². The van der Waals surface area contributed by atoms with Crippen molar-refractivity contribution in [2.24, 2.45) is 0 Å². The summed E-state index contributed by atoms with van der Waals surface area (Å²) in [5.41, 5.74) is -0.740. The van der Waals surface area contributed by atoms with Gasteiger partial charge in [-0.25, -0.2) is 0 Å². The van der Waals surface area contributed by atoms with Gasteiger partial charge in [-0.2, -0.15) is 17.6 Å². The highest BCUT2D eigenvalue weighted by Gasteiger charge is 2.81. The molecule has 0 nitrogen and oxygen atoms in total. The van der Waals surface area contributed by atoms with Crippen LogP contribution < -0.4 is 0 Å². The predicted octanol–water partition coefficient (Wildman–Crippen LogP) is 3.35. The average molecular weight is 202 g/mol. The van der Waals surface area contributed by atoms with Crippen LogP contribution in [0.25, 0.3) is 6.08 Å². The Bertz CT molecular complexity index is 362. The Morgan fingerprint density at radius 3 is 1.79 bits per heavy atom. The second kappa shape index (κ2) is 2.59. The van der Waals surface area contributed by atoms with E-state index in [0.29, 0.717) is 5.56 Å². The molecule has 0 saturated heterocycles. The molecule has 0 radical (unpaired) electrons. The number of rotatable bonds is 1. The van der Waals surface area contributed by atoms with Crippen LogP contribution in [0.5, 0.6) is 0 Å². The fourth-order valence-corrected chi connectivity index (χ4v) is 1.21. The average Bonchev–Trinajstić information content (AvgIpc) is 2.50. The third-order valence-corrected chi connectivity index (χ3v) is 2.12. The molecule has 1 aromatic carbocycles. The van der Waals surface area contributed by atoms with E-state index in [1.807, 2.05) is 0 Å². The Labute approximate surface area is 77.9 Å². The standard InChI is InChI=1S/C10H6F4/c11-9(12)8(10(9,13)14)6-7-4-2-1-3-5-7/h1-6H. The summed E-state index contributed by atoms with van der Waals surface area (Å²) in [6, 6.07) is 7.89. The molecule has 0 unspecified atom stereocenters. The lowest BCUT2D eigenvalue weighted by Crippen LogP contribution is -2.02. The number of hydrogen-bond acceptors (Lipinski definition) is 0. The van der Waals surface area contributed by atoms with Crippen LogP contribution in [0, 0.1) is 0 Å². The van der Waals surface area contributed by atoms with Crippen molar-refractivity contribution in [2.75, 3.05) is 0 Å². The molecule has 0 N–H and O–H groups in total. The molecule has 1 aliphatic rings. The molecule has 1 fully saturated rings. The topological polar surface area (TPSA) is 0 Å². The highest BCUT2D eigenvalue weighted by atomic mass is 19.3. The van der Waals surface area contributed by atoms with E-state index in [9.17, 15) is 17.6 Å². The third kappa shape index (κ3) is 1.14. The van der Waals surface area contributed by atoms with Gasteiger partial charge >= 0.3 is 11.8 Å². The summed E-state index contributed by atoms with van der Waals surface area (Å²) in [5, 5.41) is 0. The summed E-state index contributed by atoms with van der Waals surface area (Å²) in [7, 11) is 0. The van der Waals surface area contributed by atoms with Crippen LogP contribution in [-0.2, 0) is 0 Å². The Morgan fingerprint density at radius 2 is 1.36 bits per heavy atom. The van der Waals surface area contributed by atoms with Crippen LogP contribution in [0.4, 0.5) is 17.6 Å². The molecule has 2 rings (SSSR count). The van der Waals surface area contributed by atoms with Crippen molar-refractivity contribution in [3.63, 3.8) is 0 Å². The van der Waals surface area contributed by atoms with Gasteiger partial charge in [0.05, 0.1) is 5.57 Å². The molecule has 0 bridgehead atoms. The number of allylic oxidation sites excluding steroid dienone is 1. The molecule has 0 aliphatic heterocycles. The summed E-state index contributed by atoms with van der Waals surface area (Å²) in [6.07, 6.45) is 0.833. The zero-order chi connectivity index (χ0) is 10.4. The Morgan fingerprint density at radius 1 is 0.857 bits per heavy atom. The van der Waals surface area contributed by atoms with Crippen molar-refractivity contribution < 1.29 is 17.6 Å². The first-order chi connectivity index (χ1) is 6.46. The quantitative estimate of drug-likeness (QED) is 0.612. The second-order valence-corrected chi connectivity index (χ2v) is 3.12. The zero-order valence-electron chi connectivity index (χ0n) is 6.98. The fourth-order valence-electron chi connectivity index (χ4n) is 1.21. The first-order valence-corrected chi connectivity index (χ1v) is 3.99. The summed E-state index contributed by atoms with van der Waals surface area (Å²) in [4.78, 5) is 0. The van der Waals surface area contributed by atoms with Crippen LogP contribution in [-0.4, -0.2) is 11.8 Å². The second-order valence-electron chi connectivity index (χ2n) is 3.12. The Balaban J connectivity index is 2.32. The van der Waals surface area contributed by atoms with Crippen LogP contribution in [0.15, 0.2) is 35.9 Å². The Hall–Kier alpha value is -1.32. The molecule has 1 aliphatic carbocycles. The number of halogens is 4. The van der Waals surface area contributed by atoms with E-state index in [-0.39, 0.29) is 0 Å². The molecular weight excluding hydrogens is 196 g/mol. The minimum Gasteiger partial charge on any atom is -0.194 e. The lowest BCUT2D eigenvalue weighted by molar-refractivity contribution is -0.0278. The van der Waals surface area contributed by atoms with E-state index in [4.69, 9.17) is 0 Å². The van der Waals surface area contributed by atoms with Gasteiger partial charge in [0, 0.05) is 0 Å². The first-order valence-electron chi connectivity index (χ1n) is 3.99. The Kier molecular flexibility index (Phi) is 1.71. The highest BCUT2D eigenvalue weighted by molar-refractivity contribution is 5.65. The summed E-state index contributed by atoms with van der Waals surface area (Å²) < 4.78 is 49.8. The van der Waals surface area contributed by atoms with E-state index in [1.54, 1.807) is 18.2 Å². The molecule has 0 heterocycles. The predicted molar refractivity (Wildman–Crippen MR) is 44.3 cm³/mol. The highest BCUT2D eigenvalue weighted by Crippen LogP contribution is 2.62. The van der Waals surface area contributed by atoms with Crippen molar-refractivity contribution in [2.45, 2.75) is 11.8 Å². The van der Waals surface area contributed by atoms with Crippen LogP contribution in [0.1, 0.15) is 5.56 Å². The molecule has 0 atom stereocenters. The molecule has 74 valence electrons. The number of benzene rings is 1. The SMILES string of the molecule is FC1(F)C(=Cc2ccccc2)C1(F)F. The maximum absolute atomic E-state index is 12.4. The van der Waals surface area contributed by atoms with E-state index in [1.165, 1.54) is 12.1 Å². The molecular formula is C10H6F4. The monoisotopic (exact) mass is 202 g/mol. The number of hydrogen-bond donors (Lipinski definition) is 0. The van der Waals surface area contributed by atoms with Crippen molar-refractivity contribution in [3.8, 4) is 0 Å². The molecule has 0 amide bonds. The lowest BCUT2D eigenvalue weighted by Gasteiger charge is -1.88. The minimum absolute atomic E-state index is 0.361. The van der Waals surface area contributed by atoms with E-state index in [0.717, 1.165) is 6.08 Å². The van der Waals surface area contributed by atoms with E-state index < -0.39 is 17.4 Å². The van der Waals surface area contributed by atoms with Gasteiger partial charge in [-0.05, 0) is 11.6 Å². The van der Waals surface area contributed by atoms with Crippen molar-refractivity contribution >= 4 is 6.08 Å². The smallest absolute Gasteiger partial charge is 0.194 e. The normalized spacial score (nSPS) is 21.9. The van der Waals surface area contributed by atoms with Gasteiger partial charge in [-0.15, -0.1) is 0 Å². The molecule has 14 heavy (non-hydrogen) atoms. The molecule has 0 aromatic heterocycles. The fraction of sp³-hybridized carbons (Fsp3) is 0.200. The molecule has 4 heteroatoms. The van der Waals surface area contributed by atoms with Crippen LogP contribution in [0.3, 0.4) is 0 Å². The van der Waals surface area contributed by atoms with Gasteiger partial charge in [-0.1, -0.05) is 30.3 Å². The summed E-state index contributed by atoms with van der Waals surface area (Å²) >= 11 is 0. The van der Waals surface area contributed by atoms with Crippen molar-refractivity contribution in [1.82, 2.24) is 0 Å². The van der Waals surface area contributed by atoms with Gasteiger partial charge in [0.1, 0.15) is 0 Å². The van der Waals surface area contributed by atoms with Crippen LogP contribution in [0.2, 0.25) is 0 Å². The first kappa shape index (κ1) is 9.24. The van der Waals surface area contributed by atoms with Gasteiger partial charge in [-0.3, -0.25) is 0 Å². The maximum Gasteiger partial charge on any atom is 0.342 e. The molecule has 1 aromatic rings. The minimum atomic E-state index is -3.96. The van der Waals surface area contributed by atoms with Crippen molar-refractivity contribution in [1.29, 1.82) is 0 Å². The lowest BCUT2D eigenvalue weighted by atomic mass is 10.2. The third-order valence-electron chi connectivity index (χ3n) is 2.12. The molecule has 1 saturated carbocycles. The van der Waals surface area contributed by atoms with E-state index >= 15 is 0 Å². The van der Waals surface area contributed by atoms with Crippen molar-refractivity contribution in [3.05, 3.63) is 41.5 Å². The van der Waals surface area contributed by atoms with Gasteiger partial charge in [0.2, 0.25) is 0 Å².